The molecule has 1 amide bonds. The van der Waals surface area contributed by atoms with E-state index in [2.05, 4.69) is 18.8 Å². The Morgan fingerprint density at radius 1 is 1.07 bits per heavy atom. The molecule has 13 atom stereocenters. The number of rotatable bonds is 11. The zero-order chi connectivity index (χ0) is 43.6. The van der Waals surface area contributed by atoms with Crippen molar-refractivity contribution in [2.45, 2.75) is 168 Å². The molecule has 13 heteroatoms. The third kappa shape index (κ3) is 7.74. The first-order valence-electron chi connectivity index (χ1n) is 21.1. The molecule has 4 aliphatic carbocycles. The molecule has 1 aromatic carbocycles. The fourth-order valence-corrected chi connectivity index (χ4v) is 11.6. The minimum Gasteiger partial charge on any atom is -0.458 e. The van der Waals surface area contributed by atoms with Crippen LogP contribution >= 0.6 is 0 Å². The quantitative estimate of drug-likeness (QED) is 0.124. The number of aliphatic hydroxyl groups is 2. The summed E-state index contributed by atoms with van der Waals surface area (Å²) in [5.41, 5.74) is -4.41. The molecular weight excluding hydrogens is 759 g/mol. The van der Waals surface area contributed by atoms with Crippen LogP contribution in [0.25, 0.3) is 0 Å². The number of alkyl carbamates (subject to hydrolysis) is 1. The Labute approximate surface area is 348 Å². The average Bonchev–Trinajstić information content (AvgIpc) is 3.39. The van der Waals surface area contributed by atoms with E-state index in [1.54, 1.807) is 71.0 Å². The lowest BCUT2D eigenvalue weighted by molar-refractivity contribution is -0.361. The summed E-state index contributed by atoms with van der Waals surface area (Å²) in [6.07, 6.45) is -2.98. The summed E-state index contributed by atoms with van der Waals surface area (Å²) in [7, 11) is 0. The Hall–Kier alpha value is -3.78. The number of ether oxygens (including phenoxy) is 6. The molecule has 1 saturated heterocycles. The molecule has 1 aliphatic heterocycles. The summed E-state index contributed by atoms with van der Waals surface area (Å²) in [5, 5.41) is 27.1. The fourth-order valence-electron chi connectivity index (χ4n) is 11.6. The summed E-state index contributed by atoms with van der Waals surface area (Å²) in [5.74, 6) is -3.53. The first-order valence-corrected chi connectivity index (χ1v) is 21.1. The summed E-state index contributed by atoms with van der Waals surface area (Å²) in [4.78, 5) is 54.7. The van der Waals surface area contributed by atoms with Crippen LogP contribution in [-0.2, 0) is 38.0 Å². The molecule has 3 N–H and O–H groups in total. The van der Waals surface area contributed by atoms with Crippen LogP contribution in [-0.4, -0.2) is 93.9 Å². The van der Waals surface area contributed by atoms with Gasteiger partial charge in [-0.15, -0.1) is 0 Å². The van der Waals surface area contributed by atoms with Crippen LogP contribution in [0.1, 0.15) is 119 Å². The van der Waals surface area contributed by atoms with E-state index < -0.39 is 106 Å². The normalized spacial score (nSPS) is 36.0. The second kappa shape index (κ2) is 15.9. The van der Waals surface area contributed by atoms with Gasteiger partial charge in [0.1, 0.15) is 23.4 Å². The standard InChI is InChI=1S/C46H65NO12/c1-13-33-55-32-22-29-19-20-46(29,58-27(6)48)36-38(57-39(50)28-17-15-14-16-18-28)45(43(10,11)53)23-31(25(4)34(45)26(5)37(56-33)44(32,36)12)54-40(51)35(49)30(21-24(2)3)47-41(52)59-42(7,8)9/h13-18,24,26,29-33,35-38,49,53H,1,19-23H2,2-12H3,(H,47,52)/t26-,29+,30-,31-,32-,33?,35+,36-,37?,38-,44+,45-,46-/m0/s1. The highest BCUT2D eigenvalue weighted by molar-refractivity contribution is 5.89. The van der Waals surface area contributed by atoms with E-state index >= 15 is 0 Å². The minimum absolute atomic E-state index is 0.0222. The van der Waals surface area contributed by atoms with E-state index in [-0.39, 0.29) is 24.7 Å². The van der Waals surface area contributed by atoms with E-state index in [1.165, 1.54) is 6.92 Å². The number of amides is 1. The molecule has 3 saturated carbocycles. The van der Waals surface area contributed by atoms with Crippen molar-refractivity contribution in [2.75, 3.05) is 0 Å². The van der Waals surface area contributed by atoms with Crippen molar-refractivity contribution in [1.29, 1.82) is 0 Å². The van der Waals surface area contributed by atoms with Gasteiger partial charge in [-0.3, -0.25) is 4.79 Å². The molecule has 4 fully saturated rings. The van der Waals surface area contributed by atoms with Gasteiger partial charge in [-0.25, -0.2) is 14.4 Å². The van der Waals surface area contributed by atoms with Crippen molar-refractivity contribution in [1.82, 2.24) is 5.32 Å². The molecule has 0 aromatic heterocycles. The molecule has 59 heavy (non-hydrogen) atoms. The van der Waals surface area contributed by atoms with Crippen LogP contribution in [0.15, 0.2) is 54.1 Å². The lowest BCUT2D eigenvalue weighted by Gasteiger charge is -2.68. The van der Waals surface area contributed by atoms with Gasteiger partial charge in [0.15, 0.2) is 12.4 Å². The number of aliphatic hydroxyl groups excluding tert-OH is 1. The molecule has 0 bridgehead atoms. The number of carbonyl (C=O) groups is 4. The van der Waals surface area contributed by atoms with E-state index in [0.29, 0.717) is 29.6 Å². The van der Waals surface area contributed by atoms with E-state index in [9.17, 15) is 29.4 Å². The zero-order valence-electron chi connectivity index (χ0n) is 36.5. The Balaban J connectivity index is 1.52. The summed E-state index contributed by atoms with van der Waals surface area (Å²) in [6, 6.07) is 7.55. The van der Waals surface area contributed by atoms with Crippen molar-refractivity contribution >= 4 is 24.0 Å². The SMILES string of the molecule is C=CC1OC2[C@@H](C)C3=C(C)[C@@H](OC(=O)[C@H](O)[C@H](CC(C)C)NC(=O)OC(C)(C)C)C[C@@]3(C(C)(C)O)[C@@H](OC(=O)c3ccccc3)[C@@H]3[C@]4(OC(C)=O)CC[C@@H]4C[C@H](O1)[C@@]23C. The third-order valence-electron chi connectivity index (χ3n) is 13.9. The van der Waals surface area contributed by atoms with Crippen molar-refractivity contribution in [3.8, 4) is 0 Å². The molecule has 2 unspecified atom stereocenters. The minimum atomic E-state index is -1.77. The Morgan fingerprint density at radius 3 is 2.27 bits per heavy atom. The van der Waals surface area contributed by atoms with Crippen LogP contribution in [0.3, 0.4) is 0 Å². The molecule has 5 aliphatic rings. The van der Waals surface area contributed by atoms with Gasteiger partial charge in [-0.2, -0.15) is 0 Å². The van der Waals surface area contributed by atoms with Gasteiger partial charge >= 0.3 is 24.0 Å². The molecule has 13 nitrogen and oxygen atoms in total. The van der Waals surface area contributed by atoms with Crippen LogP contribution in [0.4, 0.5) is 4.79 Å². The van der Waals surface area contributed by atoms with E-state index in [4.69, 9.17) is 28.4 Å². The van der Waals surface area contributed by atoms with Gasteiger partial charge in [0.25, 0.3) is 0 Å². The fraction of sp³-hybridized carbons (Fsp3) is 0.696. The number of fused-ring (bicyclic) bond motifs is 3. The Kier molecular flexibility index (Phi) is 12.1. The molecule has 1 aromatic rings. The number of hydrogen-bond donors (Lipinski definition) is 3. The maximum atomic E-state index is 14.5. The van der Waals surface area contributed by atoms with Crippen LogP contribution in [0.5, 0.6) is 0 Å². The van der Waals surface area contributed by atoms with Crippen molar-refractivity contribution in [2.24, 2.45) is 34.5 Å². The predicted molar refractivity (Wildman–Crippen MR) is 217 cm³/mol. The molecule has 326 valence electrons. The number of carbonyl (C=O) groups excluding carboxylic acids is 4. The summed E-state index contributed by atoms with van der Waals surface area (Å²) >= 11 is 0. The molecular formula is C46H65NO12. The van der Waals surface area contributed by atoms with Crippen molar-refractivity contribution in [3.63, 3.8) is 0 Å². The second-order valence-corrected chi connectivity index (χ2v) is 19.7. The number of nitrogens with one attached hydrogen (secondary N) is 1. The first kappa shape index (κ1) is 44.8. The lowest BCUT2D eigenvalue weighted by atomic mass is 9.43. The highest BCUT2D eigenvalue weighted by Crippen LogP contribution is 2.72. The third-order valence-corrected chi connectivity index (χ3v) is 13.9. The van der Waals surface area contributed by atoms with Gasteiger partial charge in [-0.1, -0.05) is 52.5 Å². The van der Waals surface area contributed by atoms with Gasteiger partial charge in [-0.05, 0) is 102 Å². The van der Waals surface area contributed by atoms with Crippen molar-refractivity contribution < 1.29 is 57.8 Å². The monoisotopic (exact) mass is 823 g/mol. The largest absolute Gasteiger partial charge is 0.458 e. The van der Waals surface area contributed by atoms with Crippen molar-refractivity contribution in [3.05, 3.63) is 59.7 Å². The van der Waals surface area contributed by atoms with E-state index in [0.717, 1.165) is 6.42 Å². The molecule has 1 heterocycles. The smallest absolute Gasteiger partial charge is 0.407 e. The number of esters is 3. The van der Waals surface area contributed by atoms with Crippen LogP contribution in [0, 0.1) is 34.5 Å². The Bertz CT molecular complexity index is 1830. The highest BCUT2D eigenvalue weighted by atomic mass is 16.7. The maximum absolute atomic E-state index is 14.5. The Morgan fingerprint density at radius 2 is 1.73 bits per heavy atom. The first-order chi connectivity index (χ1) is 27.4. The molecule has 0 radical (unpaired) electrons. The van der Waals surface area contributed by atoms with Gasteiger partial charge in [0, 0.05) is 36.5 Å². The molecule has 0 spiro atoms. The zero-order valence-corrected chi connectivity index (χ0v) is 36.5. The van der Waals surface area contributed by atoms with Gasteiger partial charge in [0.05, 0.1) is 34.8 Å². The van der Waals surface area contributed by atoms with Gasteiger partial charge in [0.2, 0.25) is 0 Å². The second-order valence-electron chi connectivity index (χ2n) is 19.7. The number of benzene rings is 1. The summed E-state index contributed by atoms with van der Waals surface area (Å²) < 4.78 is 38.6. The number of hydrogen-bond acceptors (Lipinski definition) is 12. The highest BCUT2D eigenvalue weighted by Gasteiger charge is 2.79. The molecule has 6 rings (SSSR count). The van der Waals surface area contributed by atoms with Crippen LogP contribution < -0.4 is 5.32 Å². The predicted octanol–water partition coefficient (Wildman–Crippen LogP) is 6.59. The summed E-state index contributed by atoms with van der Waals surface area (Å²) in [6.45, 7) is 23.6. The average molecular weight is 824 g/mol. The topological polar surface area (TPSA) is 176 Å². The van der Waals surface area contributed by atoms with Crippen LogP contribution in [0.2, 0.25) is 0 Å². The maximum Gasteiger partial charge on any atom is 0.407 e. The van der Waals surface area contributed by atoms with E-state index in [1.807, 2.05) is 27.7 Å². The lowest BCUT2D eigenvalue weighted by Crippen LogP contribution is -2.75. The van der Waals surface area contributed by atoms with Gasteiger partial charge < -0.3 is 44.0 Å².